The zero-order valence-electron chi connectivity index (χ0n) is 11.2. The highest BCUT2D eigenvalue weighted by Gasteiger charge is 2.16. The van der Waals surface area contributed by atoms with Crippen LogP contribution in [0.3, 0.4) is 0 Å². The van der Waals surface area contributed by atoms with E-state index in [9.17, 15) is 0 Å². The molecule has 0 saturated carbocycles. The predicted octanol–water partition coefficient (Wildman–Crippen LogP) is 2.56. The summed E-state index contributed by atoms with van der Waals surface area (Å²) < 4.78 is 2.01. The molecule has 5 heteroatoms. The van der Waals surface area contributed by atoms with E-state index in [4.69, 9.17) is 0 Å². The minimum Gasteiger partial charge on any atom is -0.312 e. The predicted molar refractivity (Wildman–Crippen MR) is 74.9 cm³/mol. The third-order valence-electron chi connectivity index (χ3n) is 3.08. The van der Waals surface area contributed by atoms with Crippen LogP contribution in [0.5, 0.6) is 0 Å². The Hall–Kier alpha value is -1.20. The van der Waals surface area contributed by atoms with Gasteiger partial charge in [0.1, 0.15) is 12.2 Å². The average molecular weight is 264 g/mol. The van der Waals surface area contributed by atoms with Gasteiger partial charge in [-0.15, -0.1) is 11.3 Å². The van der Waals surface area contributed by atoms with Crippen molar-refractivity contribution in [1.29, 1.82) is 0 Å². The summed E-state index contributed by atoms with van der Waals surface area (Å²) in [6, 6.07) is 2.49. The Morgan fingerprint density at radius 2 is 2.33 bits per heavy atom. The number of thiophene rings is 1. The smallest absolute Gasteiger partial charge is 0.138 e. The first-order chi connectivity index (χ1) is 8.76. The van der Waals surface area contributed by atoms with Gasteiger partial charge in [0, 0.05) is 23.9 Å². The first-order valence-electron chi connectivity index (χ1n) is 6.34. The lowest BCUT2D eigenvalue weighted by atomic mass is 10.1. The van der Waals surface area contributed by atoms with Gasteiger partial charge in [0.05, 0.1) is 0 Å². The molecule has 0 saturated heterocycles. The second-order valence-electron chi connectivity index (χ2n) is 4.41. The SMILES string of the molecule is CCCn1ncnc1CC(NC)c1sccc1C. The highest BCUT2D eigenvalue weighted by Crippen LogP contribution is 2.26. The normalized spacial score (nSPS) is 12.8. The van der Waals surface area contributed by atoms with E-state index in [2.05, 4.69) is 40.7 Å². The second kappa shape index (κ2) is 6.11. The summed E-state index contributed by atoms with van der Waals surface area (Å²) in [5.74, 6) is 1.06. The third-order valence-corrected chi connectivity index (χ3v) is 4.22. The number of rotatable bonds is 6. The van der Waals surface area contributed by atoms with Gasteiger partial charge in [-0.3, -0.25) is 4.68 Å². The molecule has 2 rings (SSSR count). The Morgan fingerprint density at radius 1 is 1.50 bits per heavy atom. The third kappa shape index (κ3) is 2.79. The fourth-order valence-corrected chi connectivity index (χ4v) is 3.13. The summed E-state index contributed by atoms with van der Waals surface area (Å²) in [4.78, 5) is 5.77. The zero-order valence-corrected chi connectivity index (χ0v) is 12.0. The topological polar surface area (TPSA) is 42.7 Å². The molecule has 0 aromatic carbocycles. The Labute approximate surface area is 112 Å². The van der Waals surface area contributed by atoms with E-state index in [1.165, 1.54) is 10.4 Å². The molecular formula is C13H20N4S. The summed E-state index contributed by atoms with van der Waals surface area (Å²) in [5.41, 5.74) is 1.35. The Kier molecular flexibility index (Phi) is 4.49. The summed E-state index contributed by atoms with van der Waals surface area (Å²) in [6.07, 6.45) is 3.62. The van der Waals surface area contributed by atoms with E-state index in [1.54, 1.807) is 17.7 Å². The largest absolute Gasteiger partial charge is 0.312 e. The van der Waals surface area contributed by atoms with E-state index < -0.39 is 0 Å². The van der Waals surface area contributed by atoms with Crippen molar-refractivity contribution in [2.75, 3.05) is 7.05 Å². The minimum absolute atomic E-state index is 0.324. The monoisotopic (exact) mass is 264 g/mol. The number of likely N-dealkylation sites (N-methyl/N-ethyl adjacent to an activating group) is 1. The standard InChI is InChI=1S/C13H20N4S/c1-4-6-17-12(15-9-16-17)8-11(14-3)13-10(2)5-7-18-13/h5,7,9,11,14H,4,6,8H2,1-3H3. The fraction of sp³-hybridized carbons (Fsp3) is 0.538. The van der Waals surface area contributed by atoms with Gasteiger partial charge in [-0.05, 0) is 37.4 Å². The lowest BCUT2D eigenvalue weighted by Gasteiger charge is -2.15. The van der Waals surface area contributed by atoms with Gasteiger partial charge in [0.25, 0.3) is 0 Å². The van der Waals surface area contributed by atoms with Crippen LogP contribution < -0.4 is 5.32 Å². The number of aryl methyl sites for hydroxylation is 2. The van der Waals surface area contributed by atoms with Crippen molar-refractivity contribution in [3.05, 3.63) is 34.0 Å². The molecule has 0 aliphatic rings. The first kappa shape index (κ1) is 13.2. The molecule has 0 aliphatic heterocycles. The summed E-state index contributed by atoms with van der Waals surface area (Å²) in [5, 5.41) is 9.81. The maximum absolute atomic E-state index is 4.38. The lowest BCUT2D eigenvalue weighted by Crippen LogP contribution is -2.21. The van der Waals surface area contributed by atoms with E-state index >= 15 is 0 Å². The summed E-state index contributed by atoms with van der Waals surface area (Å²) >= 11 is 1.80. The van der Waals surface area contributed by atoms with Crippen LogP contribution in [-0.2, 0) is 13.0 Å². The Morgan fingerprint density at radius 3 is 2.94 bits per heavy atom. The molecule has 0 amide bonds. The average Bonchev–Trinajstić information content (AvgIpc) is 2.96. The van der Waals surface area contributed by atoms with Gasteiger partial charge in [-0.2, -0.15) is 5.10 Å². The van der Waals surface area contributed by atoms with Crippen molar-refractivity contribution < 1.29 is 0 Å². The van der Waals surface area contributed by atoms with Gasteiger partial charge in [0.15, 0.2) is 0 Å². The molecule has 0 bridgehead atoms. The van der Waals surface area contributed by atoms with Crippen LogP contribution in [0.15, 0.2) is 17.8 Å². The molecule has 4 nitrogen and oxygen atoms in total. The number of aromatic nitrogens is 3. The molecule has 98 valence electrons. The van der Waals surface area contributed by atoms with Crippen LogP contribution in [0, 0.1) is 6.92 Å². The molecule has 0 aliphatic carbocycles. The van der Waals surface area contributed by atoms with Crippen molar-refractivity contribution in [3.63, 3.8) is 0 Å². The maximum atomic E-state index is 4.38. The molecule has 0 spiro atoms. The van der Waals surface area contributed by atoms with Gasteiger partial charge < -0.3 is 5.32 Å². The van der Waals surface area contributed by atoms with Crippen molar-refractivity contribution in [1.82, 2.24) is 20.1 Å². The minimum atomic E-state index is 0.324. The summed E-state index contributed by atoms with van der Waals surface area (Å²) in [7, 11) is 2.00. The van der Waals surface area contributed by atoms with E-state index in [0.717, 1.165) is 25.2 Å². The molecular weight excluding hydrogens is 244 g/mol. The fourth-order valence-electron chi connectivity index (χ4n) is 2.09. The van der Waals surface area contributed by atoms with Crippen LogP contribution in [-0.4, -0.2) is 21.8 Å². The molecule has 1 N–H and O–H groups in total. The maximum Gasteiger partial charge on any atom is 0.138 e. The number of hydrogen-bond donors (Lipinski definition) is 1. The van der Waals surface area contributed by atoms with Gasteiger partial charge in [-0.25, -0.2) is 4.98 Å². The highest BCUT2D eigenvalue weighted by atomic mass is 32.1. The lowest BCUT2D eigenvalue weighted by molar-refractivity contribution is 0.520. The number of hydrogen-bond acceptors (Lipinski definition) is 4. The van der Waals surface area contributed by atoms with Crippen LogP contribution in [0.4, 0.5) is 0 Å². The Balaban J connectivity index is 2.15. The van der Waals surface area contributed by atoms with Crippen LogP contribution in [0.1, 0.15) is 35.7 Å². The zero-order chi connectivity index (χ0) is 13.0. The van der Waals surface area contributed by atoms with E-state index in [0.29, 0.717) is 6.04 Å². The van der Waals surface area contributed by atoms with Crippen molar-refractivity contribution in [2.45, 2.75) is 39.3 Å². The summed E-state index contributed by atoms with van der Waals surface area (Å²) in [6.45, 7) is 5.26. The van der Waals surface area contributed by atoms with E-state index in [-0.39, 0.29) is 0 Å². The molecule has 2 aromatic rings. The second-order valence-corrected chi connectivity index (χ2v) is 5.36. The van der Waals surface area contributed by atoms with Gasteiger partial charge >= 0.3 is 0 Å². The van der Waals surface area contributed by atoms with Crippen LogP contribution >= 0.6 is 11.3 Å². The Bertz CT molecular complexity index is 489. The molecule has 1 unspecified atom stereocenters. The van der Waals surface area contributed by atoms with Crippen molar-refractivity contribution in [2.24, 2.45) is 0 Å². The molecule has 2 heterocycles. The van der Waals surface area contributed by atoms with Crippen LogP contribution in [0.2, 0.25) is 0 Å². The number of nitrogens with one attached hydrogen (secondary N) is 1. The van der Waals surface area contributed by atoms with Crippen molar-refractivity contribution in [3.8, 4) is 0 Å². The molecule has 2 aromatic heterocycles. The quantitative estimate of drug-likeness (QED) is 0.872. The van der Waals surface area contributed by atoms with Gasteiger partial charge in [-0.1, -0.05) is 6.92 Å². The highest BCUT2D eigenvalue weighted by molar-refractivity contribution is 7.10. The van der Waals surface area contributed by atoms with Crippen molar-refractivity contribution >= 4 is 11.3 Å². The molecule has 18 heavy (non-hydrogen) atoms. The molecule has 0 fully saturated rings. The van der Waals surface area contributed by atoms with Crippen LogP contribution in [0.25, 0.3) is 0 Å². The van der Waals surface area contributed by atoms with E-state index in [1.807, 2.05) is 11.7 Å². The molecule has 0 radical (unpaired) electrons. The first-order valence-corrected chi connectivity index (χ1v) is 7.22. The van der Waals surface area contributed by atoms with Gasteiger partial charge in [0.2, 0.25) is 0 Å². The molecule has 1 atom stereocenters. The number of nitrogens with zero attached hydrogens (tertiary/aromatic N) is 3.